The molecule has 2 atom stereocenters. The first-order valence-corrected chi connectivity index (χ1v) is 11.1. The molecule has 0 saturated heterocycles. The summed E-state index contributed by atoms with van der Waals surface area (Å²) in [6.07, 6.45) is -3.50. The fourth-order valence-electron chi connectivity index (χ4n) is 4.94. The number of nitrogens with one attached hydrogen (secondary N) is 1. The third kappa shape index (κ3) is 3.69. The second kappa shape index (κ2) is 8.08. The fraction of sp³-hybridized carbons (Fsp3) is 0.259. The topological polar surface area (TPSA) is 46.2 Å². The normalized spacial score (nSPS) is 21.6. The number of fused-ring (bicyclic) bond motifs is 1. The van der Waals surface area contributed by atoms with E-state index >= 15 is 4.39 Å². The van der Waals surface area contributed by atoms with E-state index in [1.165, 1.54) is 24.3 Å². The summed E-state index contributed by atoms with van der Waals surface area (Å²) in [5.74, 6) is -2.43. The van der Waals surface area contributed by atoms with Crippen LogP contribution in [0.25, 0.3) is 0 Å². The predicted octanol–water partition coefficient (Wildman–Crippen LogP) is 6.50. The average Bonchev–Trinajstić information content (AvgIpc) is 3.62. The summed E-state index contributed by atoms with van der Waals surface area (Å²) in [6.45, 7) is 0. The van der Waals surface area contributed by atoms with Crippen molar-refractivity contribution >= 4 is 17.3 Å². The lowest BCUT2D eigenvalue weighted by Crippen LogP contribution is -2.47. The highest BCUT2D eigenvalue weighted by molar-refractivity contribution is 6.02. The van der Waals surface area contributed by atoms with Gasteiger partial charge in [-0.25, -0.2) is 4.39 Å². The number of carbonyl (C=O) groups excluding carboxylic acids is 2. The van der Waals surface area contributed by atoms with Crippen LogP contribution >= 0.6 is 0 Å². The van der Waals surface area contributed by atoms with Gasteiger partial charge in [-0.2, -0.15) is 13.2 Å². The molecule has 3 nitrogen and oxygen atoms in total. The van der Waals surface area contributed by atoms with Gasteiger partial charge in [-0.15, -0.1) is 0 Å². The Labute approximate surface area is 193 Å². The van der Waals surface area contributed by atoms with Crippen LogP contribution in [0, 0.1) is 11.7 Å². The Morgan fingerprint density at radius 1 is 0.941 bits per heavy atom. The van der Waals surface area contributed by atoms with Gasteiger partial charge in [0.25, 0.3) is 0 Å². The Morgan fingerprint density at radius 2 is 1.62 bits per heavy atom. The molecule has 5 rings (SSSR count). The SMILES string of the molecule is O=C(C[C@@H]1c2ccc(C(F)(F)F)cc2N[C@]1(C(=O)C1CC1)c1ccccc1F)c1ccccc1. The number of alkyl halides is 3. The summed E-state index contributed by atoms with van der Waals surface area (Å²) >= 11 is 0. The minimum atomic E-state index is -4.59. The van der Waals surface area contributed by atoms with Gasteiger partial charge in [0.2, 0.25) is 0 Å². The van der Waals surface area contributed by atoms with E-state index in [2.05, 4.69) is 5.32 Å². The number of Topliss-reactive ketones (excluding diaryl/α,β-unsaturated/α-hetero) is 2. The third-order valence-electron chi connectivity index (χ3n) is 6.73. The Kier molecular flexibility index (Phi) is 5.30. The Bertz CT molecular complexity index is 1270. The summed E-state index contributed by atoms with van der Waals surface area (Å²) < 4.78 is 55.6. The molecular weight excluding hydrogens is 446 g/mol. The summed E-state index contributed by atoms with van der Waals surface area (Å²) in [5, 5.41) is 3.00. The quantitative estimate of drug-likeness (QED) is 0.333. The smallest absolute Gasteiger partial charge is 0.368 e. The van der Waals surface area contributed by atoms with Crippen molar-refractivity contribution in [1.29, 1.82) is 0 Å². The molecule has 1 aliphatic carbocycles. The van der Waals surface area contributed by atoms with Crippen LogP contribution in [0.4, 0.5) is 23.2 Å². The molecule has 2 aliphatic rings. The van der Waals surface area contributed by atoms with Gasteiger partial charge in [-0.05, 0) is 36.6 Å². The largest absolute Gasteiger partial charge is 0.416 e. The van der Waals surface area contributed by atoms with Gasteiger partial charge < -0.3 is 5.32 Å². The number of rotatable bonds is 6. The highest BCUT2D eigenvalue weighted by Crippen LogP contribution is 2.55. The van der Waals surface area contributed by atoms with Crippen LogP contribution in [-0.4, -0.2) is 11.6 Å². The molecule has 1 fully saturated rings. The zero-order valence-electron chi connectivity index (χ0n) is 18.0. The molecule has 174 valence electrons. The maximum Gasteiger partial charge on any atom is 0.416 e. The zero-order valence-corrected chi connectivity index (χ0v) is 18.0. The highest BCUT2D eigenvalue weighted by atomic mass is 19.4. The van der Waals surface area contributed by atoms with Crippen LogP contribution in [-0.2, 0) is 16.5 Å². The van der Waals surface area contributed by atoms with Gasteiger partial charge in [0.15, 0.2) is 11.6 Å². The van der Waals surface area contributed by atoms with Gasteiger partial charge >= 0.3 is 6.18 Å². The van der Waals surface area contributed by atoms with Crippen molar-refractivity contribution in [1.82, 2.24) is 0 Å². The first-order valence-electron chi connectivity index (χ1n) is 11.1. The lowest BCUT2D eigenvalue weighted by Gasteiger charge is -2.36. The third-order valence-corrected chi connectivity index (χ3v) is 6.73. The molecule has 7 heteroatoms. The highest BCUT2D eigenvalue weighted by Gasteiger charge is 2.57. The Balaban J connectivity index is 1.69. The minimum absolute atomic E-state index is 0.0440. The summed E-state index contributed by atoms with van der Waals surface area (Å²) in [5.41, 5.74) is -1.60. The molecule has 1 heterocycles. The molecule has 0 bridgehead atoms. The molecule has 0 aromatic heterocycles. The second-order valence-electron chi connectivity index (χ2n) is 8.90. The van der Waals surface area contributed by atoms with Crippen molar-refractivity contribution < 1.29 is 27.2 Å². The van der Waals surface area contributed by atoms with Crippen molar-refractivity contribution in [3.05, 3.63) is 101 Å². The van der Waals surface area contributed by atoms with Crippen LogP contribution in [0.5, 0.6) is 0 Å². The first kappa shape index (κ1) is 22.3. The maximum atomic E-state index is 15.2. The molecule has 0 spiro atoms. The first-order chi connectivity index (χ1) is 16.2. The minimum Gasteiger partial charge on any atom is -0.368 e. The van der Waals surface area contributed by atoms with E-state index in [0.717, 1.165) is 12.1 Å². The molecular formula is C27H21F4NO2. The average molecular weight is 467 g/mol. The van der Waals surface area contributed by atoms with Gasteiger partial charge in [-0.3, -0.25) is 9.59 Å². The van der Waals surface area contributed by atoms with Crippen molar-refractivity contribution in [2.45, 2.75) is 36.9 Å². The molecule has 0 amide bonds. The maximum absolute atomic E-state index is 15.2. The molecule has 34 heavy (non-hydrogen) atoms. The van der Waals surface area contributed by atoms with E-state index < -0.39 is 29.0 Å². The van der Waals surface area contributed by atoms with Crippen LogP contribution in [0.15, 0.2) is 72.8 Å². The second-order valence-corrected chi connectivity index (χ2v) is 8.90. The van der Waals surface area contributed by atoms with Crippen molar-refractivity contribution in [2.75, 3.05) is 5.32 Å². The molecule has 1 aliphatic heterocycles. The van der Waals surface area contributed by atoms with Crippen molar-refractivity contribution in [3.63, 3.8) is 0 Å². The summed E-state index contributed by atoms with van der Waals surface area (Å²) in [7, 11) is 0. The number of anilines is 1. The van der Waals surface area contributed by atoms with Crippen molar-refractivity contribution in [3.8, 4) is 0 Å². The predicted molar refractivity (Wildman–Crippen MR) is 119 cm³/mol. The van der Waals surface area contributed by atoms with Crippen LogP contribution in [0.2, 0.25) is 0 Å². The molecule has 3 aromatic carbocycles. The zero-order chi connectivity index (χ0) is 24.1. The molecule has 1 N–H and O–H groups in total. The van der Waals surface area contributed by atoms with Crippen LogP contribution < -0.4 is 5.32 Å². The van der Waals surface area contributed by atoms with E-state index in [9.17, 15) is 22.8 Å². The lowest BCUT2D eigenvalue weighted by atomic mass is 9.70. The molecule has 0 radical (unpaired) electrons. The fourth-order valence-corrected chi connectivity index (χ4v) is 4.94. The van der Waals surface area contributed by atoms with Gasteiger partial charge in [-0.1, -0.05) is 54.6 Å². The number of halogens is 4. The monoisotopic (exact) mass is 467 g/mol. The molecule has 1 saturated carbocycles. The number of carbonyl (C=O) groups is 2. The van der Waals surface area contributed by atoms with Gasteiger partial charge in [0, 0.05) is 35.1 Å². The van der Waals surface area contributed by atoms with E-state index in [4.69, 9.17) is 0 Å². The standard InChI is InChI=1S/C27H21F4NO2/c28-22-9-5-4-8-20(22)26(25(34)17-10-11-17)21(15-24(33)16-6-2-1-3-7-16)19-13-12-18(27(29,30)31)14-23(19)32-26/h1-9,12-14,17,21,32H,10-11,15H2/t21-,26-/m1/s1. The van der Waals surface area contributed by atoms with Crippen LogP contribution in [0.3, 0.4) is 0 Å². The lowest BCUT2D eigenvalue weighted by molar-refractivity contribution is -0.137. The van der Waals surface area contributed by atoms with E-state index in [-0.39, 0.29) is 35.2 Å². The number of hydrogen-bond donors (Lipinski definition) is 1. The van der Waals surface area contributed by atoms with E-state index in [0.29, 0.717) is 24.0 Å². The summed E-state index contributed by atoms with van der Waals surface area (Å²) in [6, 6.07) is 17.4. The van der Waals surface area contributed by atoms with Gasteiger partial charge in [0.05, 0.1) is 5.56 Å². The Morgan fingerprint density at radius 3 is 2.26 bits per heavy atom. The van der Waals surface area contributed by atoms with Gasteiger partial charge in [0.1, 0.15) is 11.4 Å². The molecule has 0 unspecified atom stereocenters. The number of benzene rings is 3. The summed E-state index contributed by atoms with van der Waals surface area (Å²) in [4.78, 5) is 27.0. The van der Waals surface area contributed by atoms with E-state index in [1.807, 2.05) is 0 Å². The molecule has 3 aromatic rings. The van der Waals surface area contributed by atoms with Crippen LogP contribution in [0.1, 0.15) is 52.2 Å². The van der Waals surface area contributed by atoms with E-state index in [1.54, 1.807) is 36.4 Å². The number of ketones is 2. The number of hydrogen-bond acceptors (Lipinski definition) is 3. The van der Waals surface area contributed by atoms with Crippen molar-refractivity contribution in [2.24, 2.45) is 5.92 Å². The Hall–Kier alpha value is -3.48.